The fourth-order valence-electron chi connectivity index (χ4n) is 8.28. The molecular weight excluding hydrogens is 556 g/mol. The van der Waals surface area contributed by atoms with Crippen molar-refractivity contribution in [1.82, 2.24) is 0 Å². The van der Waals surface area contributed by atoms with Crippen molar-refractivity contribution in [3.63, 3.8) is 0 Å². The van der Waals surface area contributed by atoms with Gasteiger partial charge in [0.25, 0.3) is 0 Å². The average Bonchev–Trinajstić information content (AvgIpc) is 3.43. The standard InChI is InChI=1S/C45H32O/c1-44(31-17-4-2-5-18-31)40-28-14-15-30-42(40)46-43-36(24-16-29-41(43)44)35-23-10-13-27-39(35)45(32-19-6-3-7-20-32)37-25-11-8-21-33(37)34-22-9-12-26-38(34)45/h2-30H,1H3. The van der Waals surface area contributed by atoms with Gasteiger partial charge in [0.2, 0.25) is 0 Å². The van der Waals surface area contributed by atoms with Crippen LogP contribution in [0.1, 0.15) is 45.9 Å². The van der Waals surface area contributed by atoms with Gasteiger partial charge in [-0.1, -0.05) is 170 Å². The molecular formula is C45H32O. The van der Waals surface area contributed by atoms with Gasteiger partial charge >= 0.3 is 0 Å². The fraction of sp³-hybridized carbons (Fsp3) is 0.0667. The van der Waals surface area contributed by atoms with E-state index in [9.17, 15) is 0 Å². The number of rotatable bonds is 4. The van der Waals surface area contributed by atoms with Crippen molar-refractivity contribution in [3.05, 3.63) is 215 Å². The van der Waals surface area contributed by atoms with Gasteiger partial charge in [-0.15, -0.1) is 0 Å². The number of benzene rings is 7. The molecule has 7 aromatic rings. The molecule has 1 unspecified atom stereocenters. The fourth-order valence-corrected chi connectivity index (χ4v) is 8.28. The minimum Gasteiger partial charge on any atom is -0.456 e. The highest BCUT2D eigenvalue weighted by molar-refractivity contribution is 5.90. The lowest BCUT2D eigenvalue weighted by atomic mass is 9.65. The first-order valence-electron chi connectivity index (χ1n) is 16.0. The van der Waals surface area contributed by atoms with E-state index in [2.05, 4.69) is 183 Å². The van der Waals surface area contributed by atoms with Gasteiger partial charge in [0, 0.05) is 22.1 Å². The van der Waals surface area contributed by atoms with Crippen molar-refractivity contribution >= 4 is 0 Å². The molecule has 2 aliphatic rings. The Labute approximate surface area is 270 Å². The first kappa shape index (κ1) is 26.7. The summed E-state index contributed by atoms with van der Waals surface area (Å²) in [5.74, 6) is 1.82. The maximum absolute atomic E-state index is 6.98. The van der Waals surface area contributed by atoms with Crippen LogP contribution in [0.5, 0.6) is 11.5 Å². The molecule has 218 valence electrons. The molecule has 1 nitrogen and oxygen atoms in total. The summed E-state index contributed by atoms with van der Waals surface area (Å²) in [5, 5.41) is 0. The van der Waals surface area contributed by atoms with Crippen LogP contribution in [0.3, 0.4) is 0 Å². The second kappa shape index (κ2) is 10.2. The summed E-state index contributed by atoms with van der Waals surface area (Å²) in [6, 6.07) is 63.9. The number of hydrogen-bond acceptors (Lipinski definition) is 1. The largest absolute Gasteiger partial charge is 0.456 e. The second-order valence-corrected chi connectivity index (χ2v) is 12.5. The summed E-state index contributed by atoms with van der Waals surface area (Å²) < 4.78 is 6.98. The van der Waals surface area contributed by atoms with Gasteiger partial charge < -0.3 is 4.74 Å². The molecule has 9 rings (SSSR count). The van der Waals surface area contributed by atoms with Crippen LogP contribution in [0.4, 0.5) is 0 Å². The molecule has 0 bridgehead atoms. The minimum atomic E-state index is -0.511. The van der Waals surface area contributed by atoms with E-state index in [4.69, 9.17) is 4.74 Å². The Bertz CT molecular complexity index is 2200. The molecule has 1 aliphatic heterocycles. The Morgan fingerprint density at radius 1 is 0.348 bits per heavy atom. The number of para-hydroxylation sites is 2. The molecule has 46 heavy (non-hydrogen) atoms. The van der Waals surface area contributed by atoms with E-state index in [1.807, 2.05) is 0 Å². The summed E-state index contributed by atoms with van der Waals surface area (Å²) in [6.07, 6.45) is 0. The minimum absolute atomic E-state index is 0.389. The zero-order valence-corrected chi connectivity index (χ0v) is 25.7. The van der Waals surface area contributed by atoms with E-state index in [-0.39, 0.29) is 5.41 Å². The van der Waals surface area contributed by atoms with Gasteiger partial charge in [0.15, 0.2) is 0 Å². The summed E-state index contributed by atoms with van der Waals surface area (Å²) in [5.41, 5.74) is 12.7. The Kier molecular flexibility index (Phi) is 5.92. The second-order valence-electron chi connectivity index (χ2n) is 12.5. The van der Waals surface area contributed by atoms with Crippen LogP contribution in [0.2, 0.25) is 0 Å². The van der Waals surface area contributed by atoms with Gasteiger partial charge in [-0.25, -0.2) is 0 Å². The zero-order chi connectivity index (χ0) is 30.7. The molecule has 1 heterocycles. The molecule has 0 N–H and O–H groups in total. The SMILES string of the molecule is CC1(c2ccccc2)c2ccccc2Oc2c(-c3ccccc3C3(c4ccccc4)c4ccccc4-c4ccccc43)cccc21. The van der Waals surface area contributed by atoms with Gasteiger partial charge in [-0.05, 0) is 57.5 Å². The van der Waals surface area contributed by atoms with Crippen molar-refractivity contribution in [2.24, 2.45) is 0 Å². The first-order chi connectivity index (χ1) is 22.7. The van der Waals surface area contributed by atoms with Crippen molar-refractivity contribution < 1.29 is 4.74 Å². The normalized spacial score (nSPS) is 16.8. The topological polar surface area (TPSA) is 9.23 Å². The predicted molar refractivity (Wildman–Crippen MR) is 188 cm³/mol. The maximum atomic E-state index is 6.98. The van der Waals surface area contributed by atoms with E-state index in [1.54, 1.807) is 0 Å². The summed E-state index contributed by atoms with van der Waals surface area (Å²) in [6.45, 7) is 2.34. The monoisotopic (exact) mass is 588 g/mol. The predicted octanol–water partition coefficient (Wildman–Crippen LogP) is 11.2. The third kappa shape index (κ3) is 3.57. The van der Waals surface area contributed by atoms with Crippen LogP contribution in [0.25, 0.3) is 22.3 Å². The van der Waals surface area contributed by atoms with Crippen molar-refractivity contribution in [2.75, 3.05) is 0 Å². The van der Waals surface area contributed by atoms with Crippen LogP contribution >= 0.6 is 0 Å². The Morgan fingerprint density at radius 2 is 0.761 bits per heavy atom. The Balaban J connectivity index is 1.37. The van der Waals surface area contributed by atoms with Crippen LogP contribution in [0.15, 0.2) is 176 Å². The summed E-state index contributed by atoms with van der Waals surface area (Å²) in [7, 11) is 0. The molecule has 1 atom stereocenters. The Morgan fingerprint density at radius 3 is 1.35 bits per heavy atom. The summed E-state index contributed by atoms with van der Waals surface area (Å²) >= 11 is 0. The molecule has 1 heteroatoms. The number of fused-ring (bicyclic) bond motifs is 5. The molecule has 0 saturated heterocycles. The number of ether oxygens (including phenoxy) is 1. The van der Waals surface area contributed by atoms with Gasteiger partial charge in [0.05, 0.1) is 5.41 Å². The highest BCUT2D eigenvalue weighted by Gasteiger charge is 2.48. The van der Waals surface area contributed by atoms with Crippen LogP contribution in [-0.2, 0) is 10.8 Å². The summed E-state index contributed by atoms with van der Waals surface area (Å²) in [4.78, 5) is 0. The smallest absolute Gasteiger partial charge is 0.139 e. The molecule has 1 aliphatic carbocycles. The molecule has 0 amide bonds. The van der Waals surface area contributed by atoms with Crippen molar-refractivity contribution in [2.45, 2.75) is 17.8 Å². The van der Waals surface area contributed by atoms with Gasteiger partial charge in [-0.3, -0.25) is 0 Å². The average molecular weight is 589 g/mol. The van der Waals surface area contributed by atoms with Crippen LogP contribution < -0.4 is 4.74 Å². The first-order valence-corrected chi connectivity index (χ1v) is 16.0. The van der Waals surface area contributed by atoms with E-state index in [0.717, 1.165) is 17.1 Å². The van der Waals surface area contributed by atoms with Gasteiger partial charge in [-0.2, -0.15) is 0 Å². The number of hydrogen-bond donors (Lipinski definition) is 0. The molecule has 0 saturated carbocycles. The van der Waals surface area contributed by atoms with E-state index in [1.165, 1.54) is 55.6 Å². The van der Waals surface area contributed by atoms with E-state index < -0.39 is 5.41 Å². The molecule has 0 fully saturated rings. The van der Waals surface area contributed by atoms with Crippen molar-refractivity contribution in [3.8, 4) is 33.8 Å². The third-order valence-corrected chi connectivity index (χ3v) is 10.3. The lowest BCUT2D eigenvalue weighted by molar-refractivity contribution is 0.429. The highest BCUT2D eigenvalue weighted by Crippen LogP contribution is 2.59. The van der Waals surface area contributed by atoms with E-state index >= 15 is 0 Å². The zero-order valence-electron chi connectivity index (χ0n) is 25.7. The molecule has 7 aromatic carbocycles. The third-order valence-electron chi connectivity index (χ3n) is 10.3. The van der Waals surface area contributed by atoms with Crippen LogP contribution in [-0.4, -0.2) is 0 Å². The maximum Gasteiger partial charge on any atom is 0.139 e. The lowest BCUT2D eigenvalue weighted by Gasteiger charge is -2.39. The van der Waals surface area contributed by atoms with Gasteiger partial charge in [0.1, 0.15) is 11.5 Å². The van der Waals surface area contributed by atoms with E-state index in [0.29, 0.717) is 0 Å². The van der Waals surface area contributed by atoms with Crippen molar-refractivity contribution in [1.29, 1.82) is 0 Å². The quantitative estimate of drug-likeness (QED) is 0.199. The Hall–Kier alpha value is -5.66. The molecule has 0 spiro atoms. The molecule has 0 radical (unpaired) electrons. The van der Waals surface area contributed by atoms with Crippen LogP contribution in [0, 0.1) is 0 Å². The molecule has 0 aromatic heterocycles. The lowest BCUT2D eigenvalue weighted by Crippen LogP contribution is -2.30. The highest BCUT2D eigenvalue weighted by atomic mass is 16.5.